The zero-order chi connectivity index (χ0) is 2.00. The van der Waals surface area contributed by atoms with Gasteiger partial charge in [-0.05, 0) is 0 Å². The Balaban J connectivity index is -0.00000000500. The zero-order valence-electron chi connectivity index (χ0n) is 1.57. The van der Waals surface area contributed by atoms with Crippen LogP contribution in [0.25, 0.3) is 0 Å². The summed E-state index contributed by atoms with van der Waals surface area (Å²) in [5.74, 6) is 0. The Morgan fingerprint density at radius 3 is 0.750 bits per heavy atom. The van der Waals surface area contributed by atoms with Gasteiger partial charge in [0.2, 0.25) is 0 Å². The molecule has 0 aliphatic heterocycles. The third kappa shape index (κ3) is 11.4. The maximum absolute atomic E-state index is 8.00. The first kappa shape index (κ1) is 53.1. The van der Waals surface area contributed by atoms with E-state index in [1.54, 1.807) is 0 Å². The average molecular weight is 78.0 g/mol. The van der Waals surface area contributed by atoms with Gasteiger partial charge in [0.25, 0.3) is 0 Å². The smallest absolute Gasteiger partial charge is 0 e. The highest BCUT2D eigenvalue weighted by Crippen LogP contribution is 1.42. The normalized spacial score (nSPS) is 1.50. The topological polar surface area (TPSA) is 0 Å². The fourth-order valence-electron chi connectivity index (χ4n) is 0. The molecule has 0 N–H and O–H groups in total. The molecule has 0 aliphatic carbocycles. The van der Waals surface area contributed by atoms with Crippen molar-refractivity contribution in [2.75, 3.05) is 0 Å². The molecule has 0 aromatic heterocycles. The Bertz CT molecular complexity index is 0. The van der Waals surface area contributed by atoms with Gasteiger partial charge in [0.15, 0.2) is 0 Å². The van der Waals surface area contributed by atoms with Crippen molar-refractivity contribution in [2.45, 2.75) is 0 Å². The first-order valence-corrected chi connectivity index (χ1v) is 0.143. The third-order valence-electron chi connectivity index (χ3n) is 0. The molecule has 0 aromatic rings. The van der Waals surface area contributed by atoms with E-state index in [0.717, 1.165) is 0 Å². The molecule has 0 aromatic carbocycles. The lowest BCUT2D eigenvalue weighted by Crippen LogP contribution is -0.580. The number of rotatable bonds is 0. The van der Waals surface area contributed by atoms with E-state index in [0.29, 0.717) is 0 Å². The van der Waals surface area contributed by atoms with E-state index in [4.69, 9.17) is 9.15 Å². The highest BCUT2D eigenvalue weighted by Gasteiger charge is 1.00. The van der Waals surface area contributed by atoms with Crippen molar-refractivity contribution in [1.29, 1.82) is 0 Å². The fraction of sp³-hybridized carbons (Fsp3) is 0. The van der Waals surface area contributed by atoms with Gasteiger partial charge in [-0.2, -0.15) is 0 Å². The number of hydrogen-bond acceptors (Lipinski definition) is 0. The van der Waals surface area contributed by atoms with Gasteiger partial charge in [-0.1, -0.05) is 0 Å². The average Bonchev–Trinajstić information content (AvgIpc) is 1.00. The van der Waals surface area contributed by atoms with E-state index in [2.05, 4.69) is 0 Å². The zero-order valence-corrected chi connectivity index (χ0v) is 1.57. The Hall–Kier alpha value is -0.280. The van der Waals surface area contributed by atoms with Gasteiger partial charge in [0.1, 0.15) is 0 Å². The molecule has 0 bridgehead atoms. The predicted molar refractivity (Wildman–Crippen MR) is 7.22 cm³/mol. The van der Waals surface area contributed by atoms with E-state index in [-0.39, 0.29) is 9.41 Å². The van der Waals surface area contributed by atoms with Crippen molar-refractivity contribution in [3.05, 3.63) is 0 Å². The lowest BCUT2D eigenvalue weighted by Gasteiger charge is -1.00. The number of halogens is 4. The van der Waals surface area contributed by atoms with E-state index in [9.17, 15) is 0 Å². The SMILES string of the molecule is F.F.FF. The van der Waals surface area contributed by atoms with Crippen LogP contribution in [0.15, 0.2) is 0 Å². The summed E-state index contributed by atoms with van der Waals surface area (Å²) in [4.78, 5) is 0. The Labute approximate surface area is 20.0 Å². The minimum atomic E-state index is 0. The summed E-state index contributed by atoms with van der Waals surface area (Å²) in [6.07, 6.45) is 0. The number of hydrogen-bond donors (Lipinski definition) is 0. The van der Waals surface area contributed by atoms with Crippen LogP contribution in [0.1, 0.15) is 0 Å². The molecule has 0 unspecified atom stereocenters. The lowest BCUT2D eigenvalue weighted by atomic mass is 18.0. The molecule has 4 heavy (non-hydrogen) atoms. The molecule has 0 nitrogen and oxygen atoms in total. The molecule has 0 aliphatic rings. The second-order valence-corrected chi connectivity index (χ2v) is 0. The first-order chi connectivity index (χ1) is 1.00. The second kappa shape index (κ2) is 103. The van der Waals surface area contributed by atoms with Crippen LogP contribution in [0.2, 0.25) is 0 Å². The molecule has 0 radical (unpaired) electrons. The first-order valence-electron chi connectivity index (χ1n) is 0.143. The maximum atomic E-state index is 8.00. The van der Waals surface area contributed by atoms with Crippen LogP contribution in [0.3, 0.4) is 0 Å². The van der Waals surface area contributed by atoms with Gasteiger partial charge in [0, 0.05) is 9.15 Å². The molecule has 0 amide bonds. The van der Waals surface area contributed by atoms with E-state index < -0.39 is 0 Å². The van der Waals surface area contributed by atoms with Gasteiger partial charge in [0.05, 0.1) is 0 Å². The van der Waals surface area contributed by atoms with Gasteiger partial charge in [-0.15, -0.1) is 0 Å². The monoisotopic (exact) mass is 78.0 g/mol. The van der Waals surface area contributed by atoms with Gasteiger partial charge in [-0.3, -0.25) is 9.41 Å². The van der Waals surface area contributed by atoms with Crippen molar-refractivity contribution in [2.24, 2.45) is 0 Å². The van der Waals surface area contributed by atoms with E-state index >= 15 is 0 Å². The van der Waals surface area contributed by atoms with Crippen molar-refractivity contribution in [3.8, 4) is 0 Å². The van der Waals surface area contributed by atoms with Crippen molar-refractivity contribution < 1.29 is 18.6 Å². The van der Waals surface area contributed by atoms with Crippen molar-refractivity contribution in [1.82, 2.24) is 0 Å². The molecule has 0 fully saturated rings. The van der Waals surface area contributed by atoms with E-state index in [1.807, 2.05) is 0 Å². The minimum absolute atomic E-state index is 0. The molecule has 0 saturated carbocycles. The van der Waals surface area contributed by atoms with Crippen LogP contribution in [-0.2, 0) is 0 Å². The Morgan fingerprint density at radius 1 is 0.750 bits per heavy atom. The predicted octanol–water partition coefficient (Wildman–Crippen LogP) is 1.15. The summed E-state index contributed by atoms with van der Waals surface area (Å²) in [5.41, 5.74) is 0. The second-order valence-electron chi connectivity index (χ2n) is 0. The summed E-state index contributed by atoms with van der Waals surface area (Å²) in [6, 6.07) is 0. The Morgan fingerprint density at radius 2 is 0.750 bits per heavy atom. The third-order valence-corrected chi connectivity index (χ3v) is 0. The molecule has 0 rings (SSSR count). The molecule has 30 valence electrons. The lowest BCUT2D eigenvalue weighted by molar-refractivity contribution is 0.108. The highest BCUT2D eigenvalue weighted by molar-refractivity contribution is 2.11. The molecule has 4 heteroatoms. The van der Waals surface area contributed by atoms with Gasteiger partial charge < -0.3 is 0 Å². The molecule has 0 atom stereocenters. The maximum Gasteiger partial charge on any atom is 0 e. The van der Waals surface area contributed by atoms with E-state index in [1.165, 1.54) is 0 Å². The highest BCUT2D eigenvalue weighted by atomic mass is 20.0. The largest absolute Gasteiger partial charge is 0.269 e. The van der Waals surface area contributed by atoms with Crippen LogP contribution < -0.4 is 0 Å². The summed E-state index contributed by atoms with van der Waals surface area (Å²) >= 11 is 0. The molecular formula is H2F4. The van der Waals surface area contributed by atoms with Crippen LogP contribution in [0, 0.1) is 0 Å². The summed E-state index contributed by atoms with van der Waals surface area (Å²) in [6.45, 7) is 0. The van der Waals surface area contributed by atoms with Crippen LogP contribution in [0.4, 0.5) is 18.6 Å². The minimum Gasteiger partial charge on any atom is -0.269 e. The standard InChI is InChI=1S/F2.2FH/c1-2;;/h;2*1H. The molecular weight excluding hydrogens is 76.0 g/mol. The van der Waals surface area contributed by atoms with Gasteiger partial charge >= 0.3 is 0 Å². The van der Waals surface area contributed by atoms with Crippen LogP contribution >= 0.6 is 0 Å². The van der Waals surface area contributed by atoms with Crippen LogP contribution in [0.5, 0.6) is 0 Å². The summed E-state index contributed by atoms with van der Waals surface area (Å²) < 4.78 is 16.0. The molecule has 0 heterocycles. The summed E-state index contributed by atoms with van der Waals surface area (Å²) in [5, 5.41) is 0. The summed E-state index contributed by atoms with van der Waals surface area (Å²) in [7, 11) is 0. The fourth-order valence-corrected chi connectivity index (χ4v) is 0. The van der Waals surface area contributed by atoms with Crippen molar-refractivity contribution >= 4 is 0 Å². The molecule has 0 spiro atoms. The Kier molecular flexibility index (Phi) is 1360. The van der Waals surface area contributed by atoms with Gasteiger partial charge in [-0.25, -0.2) is 0 Å². The van der Waals surface area contributed by atoms with Crippen LogP contribution in [-0.4, -0.2) is 0 Å². The molecule has 0 saturated heterocycles. The van der Waals surface area contributed by atoms with Crippen molar-refractivity contribution in [3.63, 3.8) is 0 Å². The quantitative estimate of drug-likeness (QED) is 0.381.